The zero-order valence-corrected chi connectivity index (χ0v) is 12.0. The summed E-state index contributed by atoms with van der Waals surface area (Å²) < 4.78 is 0. The van der Waals surface area contributed by atoms with Crippen molar-refractivity contribution in [3.05, 3.63) is 21.4 Å². The molecule has 0 saturated carbocycles. The van der Waals surface area contributed by atoms with Crippen LogP contribution in [0.5, 0.6) is 0 Å². The highest BCUT2D eigenvalue weighted by molar-refractivity contribution is 7.12. The van der Waals surface area contributed by atoms with Crippen molar-refractivity contribution in [3.63, 3.8) is 0 Å². The van der Waals surface area contributed by atoms with Gasteiger partial charge in [-0.05, 0) is 38.3 Å². The summed E-state index contributed by atoms with van der Waals surface area (Å²) in [4.78, 5) is 26.4. The van der Waals surface area contributed by atoms with Crippen LogP contribution in [-0.2, 0) is 16.0 Å². The van der Waals surface area contributed by atoms with E-state index in [0.717, 1.165) is 12.8 Å². The summed E-state index contributed by atoms with van der Waals surface area (Å²) in [6.07, 6.45) is 2.17. The first-order valence-corrected chi connectivity index (χ1v) is 6.80. The van der Waals surface area contributed by atoms with Gasteiger partial charge < -0.3 is 10.6 Å². The number of nitrogens with zero attached hydrogens (tertiary/aromatic N) is 1. The molecule has 2 N–H and O–H groups in total. The van der Waals surface area contributed by atoms with Gasteiger partial charge in [0.2, 0.25) is 11.8 Å². The van der Waals surface area contributed by atoms with Crippen molar-refractivity contribution >= 4 is 23.2 Å². The number of carbonyl (C=O) groups excluding carboxylic acids is 2. The Morgan fingerprint density at radius 2 is 2.06 bits per heavy atom. The van der Waals surface area contributed by atoms with Crippen molar-refractivity contribution in [1.82, 2.24) is 4.90 Å². The van der Waals surface area contributed by atoms with Gasteiger partial charge in [-0.3, -0.25) is 9.59 Å². The van der Waals surface area contributed by atoms with E-state index >= 15 is 0 Å². The zero-order chi connectivity index (χ0) is 13.7. The summed E-state index contributed by atoms with van der Waals surface area (Å²) in [5, 5.41) is 0. The molecule has 0 atom stereocenters. The van der Waals surface area contributed by atoms with Gasteiger partial charge in [-0.1, -0.05) is 0 Å². The molecule has 0 aliphatic carbocycles. The second-order valence-corrected chi connectivity index (χ2v) is 5.97. The molecule has 1 rings (SSSR count). The van der Waals surface area contributed by atoms with Crippen LogP contribution in [0.25, 0.3) is 0 Å². The molecule has 0 aromatic carbocycles. The number of nitrogens with two attached hydrogens (primary N) is 1. The summed E-state index contributed by atoms with van der Waals surface area (Å²) in [6, 6.07) is 2.18. The molecule has 18 heavy (non-hydrogen) atoms. The maximum absolute atomic E-state index is 11.7. The van der Waals surface area contributed by atoms with Gasteiger partial charge in [-0.2, -0.15) is 0 Å². The second-order valence-electron chi connectivity index (χ2n) is 4.51. The van der Waals surface area contributed by atoms with E-state index in [1.54, 1.807) is 18.4 Å². The van der Waals surface area contributed by atoms with Crippen LogP contribution in [0, 0.1) is 13.8 Å². The normalized spacial score (nSPS) is 10.4. The van der Waals surface area contributed by atoms with E-state index in [0.29, 0.717) is 6.42 Å². The smallest absolute Gasteiger partial charge is 0.237 e. The van der Waals surface area contributed by atoms with Crippen molar-refractivity contribution in [3.8, 4) is 0 Å². The minimum Gasteiger partial charge on any atom is -0.368 e. The van der Waals surface area contributed by atoms with Gasteiger partial charge in [-0.15, -0.1) is 11.3 Å². The molecule has 1 aromatic rings. The molecule has 1 heterocycles. The van der Waals surface area contributed by atoms with Gasteiger partial charge >= 0.3 is 0 Å². The van der Waals surface area contributed by atoms with Crippen LogP contribution in [0.1, 0.15) is 28.2 Å². The van der Waals surface area contributed by atoms with E-state index in [-0.39, 0.29) is 12.5 Å². The number of hydrogen-bond donors (Lipinski definition) is 1. The molecule has 5 heteroatoms. The summed E-state index contributed by atoms with van der Waals surface area (Å²) in [5.74, 6) is -0.506. The number of thiophene rings is 1. The summed E-state index contributed by atoms with van der Waals surface area (Å²) >= 11 is 1.79. The van der Waals surface area contributed by atoms with Gasteiger partial charge in [0.15, 0.2) is 0 Å². The Kier molecular flexibility index (Phi) is 5.34. The van der Waals surface area contributed by atoms with Gasteiger partial charge in [0.05, 0.1) is 6.54 Å². The molecule has 0 aliphatic heterocycles. The van der Waals surface area contributed by atoms with Crippen LogP contribution in [0.3, 0.4) is 0 Å². The molecule has 0 spiro atoms. The minimum absolute atomic E-state index is 0.00454. The predicted molar refractivity (Wildman–Crippen MR) is 73.6 cm³/mol. The fraction of sp³-hybridized carbons (Fsp3) is 0.538. The van der Waals surface area contributed by atoms with Gasteiger partial charge in [0, 0.05) is 23.2 Å². The Labute approximate surface area is 112 Å². The molecule has 1 aromatic heterocycles. The number of hydrogen-bond acceptors (Lipinski definition) is 3. The largest absolute Gasteiger partial charge is 0.368 e. The van der Waals surface area contributed by atoms with Crippen molar-refractivity contribution in [2.24, 2.45) is 5.73 Å². The molecule has 100 valence electrons. The number of rotatable bonds is 6. The molecule has 0 fully saturated rings. The third-order valence-electron chi connectivity index (χ3n) is 2.80. The standard InChI is InChI=1S/C13H20N2O2S/c1-9-7-11(10(2)18-9)5-4-6-13(17)15(3)8-12(14)16/h7H,4-6,8H2,1-3H3,(H2,14,16). The first-order valence-electron chi connectivity index (χ1n) is 5.98. The Morgan fingerprint density at radius 1 is 1.39 bits per heavy atom. The van der Waals surface area contributed by atoms with Crippen LogP contribution >= 0.6 is 11.3 Å². The lowest BCUT2D eigenvalue weighted by Gasteiger charge is -2.14. The zero-order valence-electron chi connectivity index (χ0n) is 11.2. The van der Waals surface area contributed by atoms with Crippen LogP contribution in [0.4, 0.5) is 0 Å². The van der Waals surface area contributed by atoms with E-state index in [4.69, 9.17) is 5.73 Å². The van der Waals surface area contributed by atoms with Crippen LogP contribution in [0.2, 0.25) is 0 Å². The molecule has 0 radical (unpaired) electrons. The number of aryl methyl sites for hydroxylation is 3. The summed E-state index contributed by atoms with van der Waals surface area (Å²) in [6.45, 7) is 4.19. The first kappa shape index (κ1) is 14.7. The Balaban J connectivity index is 2.35. The van der Waals surface area contributed by atoms with E-state index < -0.39 is 5.91 Å². The van der Waals surface area contributed by atoms with Gasteiger partial charge in [-0.25, -0.2) is 0 Å². The lowest BCUT2D eigenvalue weighted by molar-refractivity contribution is -0.133. The fourth-order valence-electron chi connectivity index (χ4n) is 1.87. The van der Waals surface area contributed by atoms with Crippen molar-refractivity contribution in [1.29, 1.82) is 0 Å². The molecule has 0 saturated heterocycles. The quantitative estimate of drug-likeness (QED) is 0.852. The number of carbonyl (C=O) groups is 2. The van der Waals surface area contributed by atoms with Crippen LogP contribution in [-0.4, -0.2) is 30.3 Å². The molecular weight excluding hydrogens is 248 g/mol. The van der Waals surface area contributed by atoms with E-state index in [1.165, 1.54) is 20.2 Å². The Bertz CT molecular complexity index is 440. The topological polar surface area (TPSA) is 63.4 Å². The summed E-state index contributed by atoms with van der Waals surface area (Å²) in [7, 11) is 1.60. The lowest BCUT2D eigenvalue weighted by atomic mass is 10.1. The summed E-state index contributed by atoms with van der Waals surface area (Å²) in [5.41, 5.74) is 6.36. The SMILES string of the molecule is Cc1cc(CCCC(=O)N(C)CC(N)=O)c(C)s1. The lowest BCUT2D eigenvalue weighted by Crippen LogP contribution is -2.35. The van der Waals surface area contributed by atoms with Crippen molar-refractivity contribution < 1.29 is 9.59 Å². The minimum atomic E-state index is -0.477. The van der Waals surface area contributed by atoms with E-state index in [2.05, 4.69) is 19.9 Å². The maximum Gasteiger partial charge on any atom is 0.237 e. The van der Waals surface area contributed by atoms with Gasteiger partial charge in [0.1, 0.15) is 0 Å². The third-order valence-corrected chi connectivity index (χ3v) is 3.81. The molecule has 0 bridgehead atoms. The number of likely N-dealkylation sites (N-methyl/N-ethyl adjacent to an activating group) is 1. The average molecular weight is 268 g/mol. The highest BCUT2D eigenvalue weighted by Gasteiger charge is 2.11. The number of amides is 2. The molecule has 0 unspecified atom stereocenters. The monoisotopic (exact) mass is 268 g/mol. The fourth-order valence-corrected chi connectivity index (χ4v) is 2.85. The van der Waals surface area contributed by atoms with Gasteiger partial charge in [0.25, 0.3) is 0 Å². The molecule has 4 nitrogen and oxygen atoms in total. The van der Waals surface area contributed by atoms with Crippen LogP contribution in [0.15, 0.2) is 6.07 Å². The van der Waals surface area contributed by atoms with E-state index in [9.17, 15) is 9.59 Å². The highest BCUT2D eigenvalue weighted by atomic mass is 32.1. The van der Waals surface area contributed by atoms with Crippen LogP contribution < -0.4 is 5.73 Å². The average Bonchev–Trinajstić information content (AvgIpc) is 2.56. The Hall–Kier alpha value is -1.36. The highest BCUT2D eigenvalue weighted by Crippen LogP contribution is 2.22. The Morgan fingerprint density at radius 3 is 2.56 bits per heavy atom. The molecule has 0 aliphatic rings. The second kappa shape index (κ2) is 6.54. The molecule has 2 amide bonds. The predicted octanol–water partition coefficient (Wildman–Crippen LogP) is 1.63. The van der Waals surface area contributed by atoms with Crippen molar-refractivity contribution in [2.75, 3.05) is 13.6 Å². The van der Waals surface area contributed by atoms with E-state index in [1.807, 2.05) is 0 Å². The first-order chi connectivity index (χ1) is 8.40. The number of primary amides is 1. The maximum atomic E-state index is 11.7. The van der Waals surface area contributed by atoms with Crippen molar-refractivity contribution in [2.45, 2.75) is 33.1 Å². The third kappa shape index (κ3) is 4.49. The molecular formula is C13H20N2O2S.